The molecule has 2 atom stereocenters. The number of amides is 1. The first kappa shape index (κ1) is 18.1. The average Bonchev–Trinajstić information content (AvgIpc) is 2.82. The van der Waals surface area contributed by atoms with E-state index in [1.165, 1.54) is 0 Å². The summed E-state index contributed by atoms with van der Waals surface area (Å²) in [6.07, 6.45) is 3.03. The van der Waals surface area contributed by atoms with Crippen molar-refractivity contribution in [2.75, 3.05) is 24.6 Å². The predicted octanol–water partition coefficient (Wildman–Crippen LogP) is 1.30. The van der Waals surface area contributed by atoms with E-state index in [9.17, 15) is 13.2 Å². The SMILES string of the molecule is CC(C)(C)OC(=O)N1CCN(Cc2ccncc2)[C@H]2CS(=O)(=O)C[C@H]21. The molecule has 0 spiro atoms. The van der Waals surface area contributed by atoms with E-state index in [4.69, 9.17) is 4.74 Å². The van der Waals surface area contributed by atoms with Gasteiger partial charge in [-0.1, -0.05) is 0 Å². The lowest BCUT2D eigenvalue weighted by Gasteiger charge is -2.44. The van der Waals surface area contributed by atoms with Gasteiger partial charge in [0.15, 0.2) is 9.84 Å². The monoisotopic (exact) mass is 367 g/mol. The predicted molar refractivity (Wildman–Crippen MR) is 93.8 cm³/mol. The average molecular weight is 367 g/mol. The molecule has 0 N–H and O–H groups in total. The van der Waals surface area contributed by atoms with Crippen LogP contribution in [-0.2, 0) is 21.1 Å². The number of pyridine rings is 1. The Morgan fingerprint density at radius 2 is 1.84 bits per heavy atom. The third-order valence-corrected chi connectivity index (χ3v) is 6.25. The van der Waals surface area contributed by atoms with Crippen molar-refractivity contribution in [3.63, 3.8) is 0 Å². The van der Waals surface area contributed by atoms with E-state index in [2.05, 4.69) is 9.88 Å². The number of hydrogen-bond acceptors (Lipinski definition) is 6. The van der Waals surface area contributed by atoms with E-state index in [0.29, 0.717) is 19.6 Å². The number of rotatable bonds is 2. The summed E-state index contributed by atoms with van der Waals surface area (Å²) in [5, 5.41) is 0. The fraction of sp³-hybridized carbons (Fsp3) is 0.647. The third kappa shape index (κ3) is 4.30. The van der Waals surface area contributed by atoms with Crippen molar-refractivity contribution >= 4 is 15.9 Å². The molecule has 138 valence electrons. The minimum Gasteiger partial charge on any atom is -0.444 e. The molecule has 3 rings (SSSR count). The van der Waals surface area contributed by atoms with Crippen LogP contribution in [0.1, 0.15) is 26.3 Å². The summed E-state index contributed by atoms with van der Waals surface area (Å²) in [5.74, 6) is 0.0891. The molecule has 2 aliphatic heterocycles. The lowest BCUT2D eigenvalue weighted by atomic mass is 10.0. The van der Waals surface area contributed by atoms with Gasteiger partial charge in [0.2, 0.25) is 0 Å². The fourth-order valence-electron chi connectivity index (χ4n) is 3.49. The Bertz CT molecular complexity index is 730. The van der Waals surface area contributed by atoms with Gasteiger partial charge >= 0.3 is 6.09 Å². The van der Waals surface area contributed by atoms with Gasteiger partial charge in [0.25, 0.3) is 0 Å². The van der Waals surface area contributed by atoms with E-state index in [0.717, 1.165) is 5.56 Å². The van der Waals surface area contributed by atoms with Crippen LogP contribution in [0.2, 0.25) is 0 Å². The second-order valence-electron chi connectivity index (χ2n) is 7.71. The number of carbonyl (C=O) groups is 1. The number of aromatic nitrogens is 1. The molecule has 0 aliphatic carbocycles. The molecule has 8 heteroatoms. The Balaban J connectivity index is 1.79. The zero-order chi connectivity index (χ0) is 18.2. The standard InChI is InChI=1S/C17H25N3O4S/c1-17(2,3)24-16(21)20-9-8-19(10-13-4-6-18-7-5-13)14-11-25(22,23)12-15(14)20/h4-7,14-15H,8-12H2,1-3H3/t14-,15+/m0/s1. The number of carbonyl (C=O) groups excluding carboxylic acids is 1. The maximum absolute atomic E-state index is 12.5. The number of ether oxygens (including phenoxy) is 1. The molecule has 1 aromatic rings. The van der Waals surface area contributed by atoms with Crippen LogP contribution in [0.4, 0.5) is 4.79 Å². The number of hydrogen-bond donors (Lipinski definition) is 0. The highest BCUT2D eigenvalue weighted by Crippen LogP contribution is 2.29. The number of piperazine rings is 1. The fourth-order valence-corrected chi connectivity index (χ4v) is 5.50. The minimum absolute atomic E-state index is 0.00372. The lowest BCUT2D eigenvalue weighted by Crippen LogP contribution is -2.60. The number of nitrogens with zero attached hydrogens (tertiary/aromatic N) is 3. The molecular formula is C17H25N3O4S. The highest BCUT2D eigenvalue weighted by molar-refractivity contribution is 7.91. The van der Waals surface area contributed by atoms with Crippen molar-refractivity contribution < 1.29 is 17.9 Å². The molecule has 0 radical (unpaired) electrons. The van der Waals surface area contributed by atoms with E-state index in [-0.39, 0.29) is 23.6 Å². The normalized spacial score (nSPS) is 26.3. The Morgan fingerprint density at radius 3 is 2.48 bits per heavy atom. The summed E-state index contributed by atoms with van der Waals surface area (Å²) < 4.78 is 29.9. The molecule has 2 saturated heterocycles. The molecule has 25 heavy (non-hydrogen) atoms. The molecule has 1 aromatic heterocycles. The molecule has 0 aromatic carbocycles. The molecule has 2 fully saturated rings. The van der Waals surface area contributed by atoms with Gasteiger partial charge in [-0.05, 0) is 38.5 Å². The van der Waals surface area contributed by atoms with Crippen LogP contribution in [0.15, 0.2) is 24.5 Å². The van der Waals surface area contributed by atoms with Crippen LogP contribution in [-0.4, -0.2) is 71.6 Å². The molecule has 1 amide bonds. The third-order valence-electron chi connectivity index (χ3n) is 4.55. The van der Waals surface area contributed by atoms with Gasteiger partial charge in [-0.3, -0.25) is 9.88 Å². The van der Waals surface area contributed by atoms with Crippen molar-refractivity contribution in [3.05, 3.63) is 30.1 Å². The van der Waals surface area contributed by atoms with Crippen molar-refractivity contribution in [1.29, 1.82) is 0 Å². The number of sulfone groups is 1. The summed E-state index contributed by atoms with van der Waals surface area (Å²) in [6, 6.07) is 3.31. The smallest absolute Gasteiger partial charge is 0.410 e. The minimum atomic E-state index is -3.17. The zero-order valence-electron chi connectivity index (χ0n) is 14.9. The number of fused-ring (bicyclic) bond motifs is 1. The summed E-state index contributed by atoms with van der Waals surface area (Å²) >= 11 is 0. The first-order valence-electron chi connectivity index (χ1n) is 8.48. The quantitative estimate of drug-likeness (QED) is 0.784. The largest absolute Gasteiger partial charge is 0.444 e. The molecule has 3 heterocycles. The van der Waals surface area contributed by atoms with E-state index >= 15 is 0 Å². The molecule has 2 aliphatic rings. The van der Waals surface area contributed by atoms with Crippen molar-refractivity contribution in [2.45, 2.75) is 45.0 Å². The Hall–Kier alpha value is -1.67. The molecule has 7 nitrogen and oxygen atoms in total. The van der Waals surface area contributed by atoms with Crippen molar-refractivity contribution in [1.82, 2.24) is 14.8 Å². The Labute approximate surface area is 148 Å². The Kier molecular flexibility index (Phi) is 4.76. The molecule has 0 saturated carbocycles. The highest BCUT2D eigenvalue weighted by atomic mass is 32.2. The topological polar surface area (TPSA) is 79.8 Å². The van der Waals surface area contributed by atoms with Crippen LogP contribution < -0.4 is 0 Å². The van der Waals surface area contributed by atoms with Gasteiger partial charge in [-0.2, -0.15) is 0 Å². The maximum atomic E-state index is 12.5. The summed E-state index contributed by atoms with van der Waals surface area (Å²) in [6.45, 7) is 7.19. The molecule has 0 unspecified atom stereocenters. The molecule has 0 bridgehead atoms. The maximum Gasteiger partial charge on any atom is 0.410 e. The van der Waals surface area contributed by atoms with Crippen LogP contribution in [0.25, 0.3) is 0 Å². The van der Waals surface area contributed by atoms with Gasteiger partial charge in [-0.15, -0.1) is 0 Å². The summed E-state index contributed by atoms with van der Waals surface area (Å²) in [5.41, 5.74) is 0.488. The Morgan fingerprint density at radius 1 is 1.20 bits per heavy atom. The first-order valence-corrected chi connectivity index (χ1v) is 10.3. The van der Waals surface area contributed by atoms with Gasteiger partial charge in [0.05, 0.1) is 17.5 Å². The first-order chi connectivity index (χ1) is 11.6. The van der Waals surface area contributed by atoms with Gasteiger partial charge in [0, 0.05) is 38.1 Å². The van der Waals surface area contributed by atoms with Crippen molar-refractivity contribution in [2.24, 2.45) is 0 Å². The second kappa shape index (κ2) is 6.57. The van der Waals surface area contributed by atoms with Crippen LogP contribution in [0.3, 0.4) is 0 Å². The van der Waals surface area contributed by atoms with Crippen molar-refractivity contribution in [3.8, 4) is 0 Å². The zero-order valence-corrected chi connectivity index (χ0v) is 15.7. The summed E-state index contributed by atoms with van der Waals surface area (Å²) in [4.78, 5) is 20.3. The summed E-state index contributed by atoms with van der Waals surface area (Å²) in [7, 11) is -3.17. The van der Waals surface area contributed by atoms with Crippen LogP contribution in [0.5, 0.6) is 0 Å². The van der Waals surface area contributed by atoms with E-state index in [1.807, 2.05) is 32.9 Å². The van der Waals surface area contributed by atoms with Gasteiger partial charge < -0.3 is 9.64 Å². The lowest BCUT2D eigenvalue weighted by molar-refractivity contribution is -0.0105. The van der Waals surface area contributed by atoms with Crippen LogP contribution >= 0.6 is 0 Å². The molecular weight excluding hydrogens is 342 g/mol. The van der Waals surface area contributed by atoms with Crippen LogP contribution in [0, 0.1) is 0 Å². The second-order valence-corrected chi connectivity index (χ2v) is 9.87. The van der Waals surface area contributed by atoms with Gasteiger partial charge in [0.1, 0.15) is 5.60 Å². The van der Waals surface area contributed by atoms with E-state index in [1.54, 1.807) is 17.3 Å². The highest BCUT2D eigenvalue weighted by Gasteiger charge is 2.48. The van der Waals surface area contributed by atoms with Gasteiger partial charge in [-0.25, -0.2) is 13.2 Å². The van der Waals surface area contributed by atoms with E-state index < -0.39 is 21.5 Å².